The molecule has 0 heterocycles. The molecule has 2 N–H and O–H groups in total. The molecule has 0 saturated carbocycles. The van der Waals surface area contributed by atoms with Crippen molar-refractivity contribution in [1.82, 2.24) is 0 Å². The first kappa shape index (κ1) is 16.0. The van der Waals surface area contributed by atoms with Crippen LogP contribution in [0.3, 0.4) is 0 Å². The fraction of sp³-hybridized carbons (Fsp3) is 0.118. The van der Waals surface area contributed by atoms with Crippen LogP contribution in [0.25, 0.3) is 0 Å². The molecule has 6 nitrogen and oxygen atoms in total. The Morgan fingerprint density at radius 2 is 1.65 bits per heavy atom. The molecule has 0 radical (unpaired) electrons. The van der Waals surface area contributed by atoms with Crippen molar-refractivity contribution in [2.45, 2.75) is 6.42 Å². The van der Waals surface area contributed by atoms with Crippen LogP contribution in [0.15, 0.2) is 48.5 Å². The molecule has 2 aromatic rings. The van der Waals surface area contributed by atoms with Crippen molar-refractivity contribution in [2.75, 3.05) is 17.7 Å². The van der Waals surface area contributed by atoms with Gasteiger partial charge in [-0.15, -0.1) is 0 Å². The highest BCUT2D eigenvalue weighted by atomic mass is 16.5. The second-order valence-corrected chi connectivity index (χ2v) is 4.61. The number of para-hydroxylation sites is 1. The second-order valence-electron chi connectivity index (χ2n) is 4.61. The fourth-order valence-corrected chi connectivity index (χ4v) is 1.94. The lowest BCUT2D eigenvalue weighted by atomic mass is 10.2. The standard InChI is InChI=1S/C17H15N3O3/c1-23-15-5-3-2-4-14(15)17(22)20-13-8-6-12(7-9-13)19-16(21)10-11-18/h2-9H,10H2,1H3,(H,19,21)(H,20,22). The molecule has 0 saturated heterocycles. The maximum absolute atomic E-state index is 12.2. The predicted octanol–water partition coefficient (Wildman–Crippen LogP) is 2.80. The lowest BCUT2D eigenvalue weighted by molar-refractivity contribution is -0.115. The fourth-order valence-electron chi connectivity index (χ4n) is 1.94. The Balaban J connectivity index is 2.05. The van der Waals surface area contributed by atoms with E-state index in [0.29, 0.717) is 22.7 Å². The van der Waals surface area contributed by atoms with Crippen LogP contribution in [-0.4, -0.2) is 18.9 Å². The molecule has 116 valence electrons. The normalized spacial score (nSPS) is 9.57. The number of methoxy groups -OCH3 is 1. The summed E-state index contributed by atoms with van der Waals surface area (Å²) in [5.41, 5.74) is 1.57. The van der Waals surface area contributed by atoms with Gasteiger partial charge in [0, 0.05) is 11.4 Å². The summed E-state index contributed by atoms with van der Waals surface area (Å²) < 4.78 is 5.16. The molecule has 0 atom stereocenters. The number of carbonyl (C=O) groups excluding carboxylic acids is 2. The quantitative estimate of drug-likeness (QED) is 0.888. The van der Waals surface area contributed by atoms with E-state index in [2.05, 4.69) is 10.6 Å². The van der Waals surface area contributed by atoms with Crippen molar-refractivity contribution >= 4 is 23.2 Å². The summed E-state index contributed by atoms with van der Waals surface area (Å²) in [5, 5.41) is 13.8. The lowest BCUT2D eigenvalue weighted by Crippen LogP contribution is -2.13. The van der Waals surface area contributed by atoms with E-state index < -0.39 is 0 Å². The summed E-state index contributed by atoms with van der Waals surface area (Å²) in [5.74, 6) is -0.174. The van der Waals surface area contributed by atoms with Crippen LogP contribution in [0.2, 0.25) is 0 Å². The van der Waals surface area contributed by atoms with Crippen LogP contribution in [-0.2, 0) is 4.79 Å². The number of carbonyl (C=O) groups is 2. The molecule has 0 fully saturated rings. The minimum Gasteiger partial charge on any atom is -0.496 e. The minimum absolute atomic E-state index is 0.202. The second kappa shape index (κ2) is 7.61. The maximum Gasteiger partial charge on any atom is 0.259 e. The van der Waals surface area contributed by atoms with E-state index in [1.54, 1.807) is 54.6 Å². The van der Waals surface area contributed by atoms with Gasteiger partial charge in [0.2, 0.25) is 5.91 Å². The van der Waals surface area contributed by atoms with Gasteiger partial charge in [-0.2, -0.15) is 5.26 Å². The molecule has 6 heteroatoms. The zero-order valence-corrected chi connectivity index (χ0v) is 12.5. The molecule has 0 aromatic heterocycles. The van der Waals surface area contributed by atoms with Crippen molar-refractivity contribution in [2.24, 2.45) is 0 Å². The summed E-state index contributed by atoms with van der Waals surface area (Å²) >= 11 is 0. The number of benzene rings is 2. The van der Waals surface area contributed by atoms with E-state index in [0.717, 1.165) is 0 Å². The van der Waals surface area contributed by atoms with Crippen LogP contribution in [0, 0.1) is 11.3 Å². The van der Waals surface area contributed by atoms with Gasteiger partial charge in [0.15, 0.2) is 0 Å². The Labute approximate surface area is 133 Å². The highest BCUT2D eigenvalue weighted by Gasteiger charge is 2.11. The van der Waals surface area contributed by atoms with Gasteiger partial charge in [0.05, 0.1) is 18.7 Å². The summed E-state index contributed by atoms with van der Waals surface area (Å²) in [4.78, 5) is 23.6. The van der Waals surface area contributed by atoms with E-state index in [4.69, 9.17) is 10.00 Å². The summed E-state index contributed by atoms with van der Waals surface area (Å²) in [7, 11) is 1.50. The van der Waals surface area contributed by atoms with Crippen molar-refractivity contribution in [3.8, 4) is 11.8 Å². The molecule has 0 aliphatic carbocycles. The number of rotatable bonds is 5. The van der Waals surface area contributed by atoms with Gasteiger partial charge in [-0.3, -0.25) is 9.59 Å². The Bertz CT molecular complexity index is 748. The first-order chi connectivity index (χ1) is 11.1. The van der Waals surface area contributed by atoms with Crippen LogP contribution in [0.5, 0.6) is 5.75 Å². The molecule has 2 aromatic carbocycles. The highest BCUT2D eigenvalue weighted by molar-refractivity contribution is 6.06. The Kier molecular flexibility index (Phi) is 5.31. The van der Waals surface area contributed by atoms with Gasteiger partial charge in [-0.05, 0) is 36.4 Å². The summed E-state index contributed by atoms with van der Waals surface area (Å²) in [6.45, 7) is 0. The number of hydrogen-bond donors (Lipinski definition) is 2. The van der Waals surface area contributed by atoms with E-state index in [9.17, 15) is 9.59 Å². The third kappa shape index (κ3) is 4.32. The Hall–Kier alpha value is -3.33. The molecule has 0 bridgehead atoms. The topological polar surface area (TPSA) is 91.2 Å². The Morgan fingerprint density at radius 1 is 1.04 bits per heavy atom. The highest BCUT2D eigenvalue weighted by Crippen LogP contribution is 2.20. The molecule has 2 rings (SSSR count). The molecule has 2 amide bonds. The van der Waals surface area contributed by atoms with Crippen molar-refractivity contribution in [1.29, 1.82) is 5.26 Å². The zero-order valence-electron chi connectivity index (χ0n) is 12.5. The number of hydrogen-bond acceptors (Lipinski definition) is 4. The van der Waals surface area contributed by atoms with Gasteiger partial charge in [0.1, 0.15) is 12.2 Å². The largest absolute Gasteiger partial charge is 0.496 e. The van der Waals surface area contributed by atoms with Crippen LogP contribution < -0.4 is 15.4 Å². The average molecular weight is 309 g/mol. The van der Waals surface area contributed by atoms with Gasteiger partial charge < -0.3 is 15.4 Å². The third-order valence-electron chi connectivity index (χ3n) is 3.02. The molecule has 0 spiro atoms. The molecule has 0 aliphatic rings. The maximum atomic E-state index is 12.2. The summed E-state index contributed by atoms with van der Waals surface area (Å²) in [6, 6.07) is 15.3. The van der Waals surface area contributed by atoms with Crippen molar-refractivity contribution in [3.05, 3.63) is 54.1 Å². The monoisotopic (exact) mass is 309 g/mol. The third-order valence-corrected chi connectivity index (χ3v) is 3.02. The van der Waals surface area contributed by atoms with Gasteiger partial charge in [-0.1, -0.05) is 12.1 Å². The summed E-state index contributed by atoms with van der Waals surface area (Å²) in [6.07, 6.45) is -0.202. The molecular formula is C17H15N3O3. The number of nitriles is 1. The van der Waals surface area contributed by atoms with Crippen LogP contribution in [0.4, 0.5) is 11.4 Å². The molecule has 0 unspecified atom stereocenters. The van der Waals surface area contributed by atoms with Crippen molar-refractivity contribution < 1.29 is 14.3 Å². The van der Waals surface area contributed by atoms with Crippen LogP contribution in [0.1, 0.15) is 16.8 Å². The number of anilines is 2. The smallest absolute Gasteiger partial charge is 0.259 e. The molecular weight excluding hydrogens is 294 g/mol. The van der Waals surface area contributed by atoms with Crippen LogP contribution >= 0.6 is 0 Å². The van der Waals surface area contributed by atoms with Gasteiger partial charge in [-0.25, -0.2) is 0 Å². The van der Waals surface area contributed by atoms with E-state index >= 15 is 0 Å². The number of ether oxygens (including phenoxy) is 1. The minimum atomic E-state index is -0.377. The van der Waals surface area contributed by atoms with E-state index in [1.165, 1.54) is 7.11 Å². The first-order valence-electron chi connectivity index (χ1n) is 6.85. The first-order valence-corrected chi connectivity index (χ1v) is 6.85. The number of nitrogens with one attached hydrogen (secondary N) is 2. The van der Waals surface area contributed by atoms with E-state index in [1.807, 2.05) is 0 Å². The number of amides is 2. The Morgan fingerprint density at radius 3 is 2.26 bits per heavy atom. The lowest BCUT2D eigenvalue weighted by Gasteiger charge is -2.10. The average Bonchev–Trinajstić information content (AvgIpc) is 2.56. The van der Waals surface area contributed by atoms with Crippen molar-refractivity contribution in [3.63, 3.8) is 0 Å². The SMILES string of the molecule is COc1ccccc1C(=O)Nc1ccc(NC(=O)CC#N)cc1. The molecule has 23 heavy (non-hydrogen) atoms. The number of nitrogens with zero attached hydrogens (tertiary/aromatic N) is 1. The predicted molar refractivity (Wildman–Crippen MR) is 86.2 cm³/mol. The van der Waals surface area contributed by atoms with E-state index in [-0.39, 0.29) is 18.2 Å². The molecule has 0 aliphatic heterocycles. The zero-order chi connectivity index (χ0) is 16.7. The van der Waals surface area contributed by atoms with Gasteiger partial charge in [0.25, 0.3) is 5.91 Å². The van der Waals surface area contributed by atoms with Gasteiger partial charge >= 0.3 is 0 Å².